The molecule has 3 aliphatic rings. The number of nitrogens with one attached hydrogen (secondary N) is 1. The van der Waals surface area contributed by atoms with E-state index in [9.17, 15) is 0 Å². The summed E-state index contributed by atoms with van der Waals surface area (Å²) >= 11 is 2.04. The van der Waals surface area contributed by atoms with Crippen LogP contribution >= 0.6 is 11.8 Å². The number of thioether (sulfide) groups is 1. The van der Waals surface area contributed by atoms with Crippen molar-refractivity contribution < 1.29 is 0 Å². The summed E-state index contributed by atoms with van der Waals surface area (Å²) in [6.07, 6.45) is 6.83. The average Bonchev–Trinajstić information content (AvgIpc) is 2.87. The summed E-state index contributed by atoms with van der Waals surface area (Å²) in [5.74, 6) is 1.27. The molecule has 2 fully saturated rings. The van der Waals surface area contributed by atoms with E-state index < -0.39 is 0 Å². The van der Waals surface area contributed by atoms with Gasteiger partial charge in [-0.15, -0.1) is 11.8 Å². The van der Waals surface area contributed by atoms with E-state index >= 15 is 0 Å². The molecule has 4 rings (SSSR count). The standard InChI is InChI=1S/C18H26N2S/c1-2-20(15-11-13-7-8-14(12-15)19-13)17-9-10-21-18-6-4-3-5-16(17)18/h3-6,13-15,17,19H,2,7-12H2,1H3. The lowest BCUT2D eigenvalue weighted by Crippen LogP contribution is -2.49. The van der Waals surface area contributed by atoms with E-state index in [4.69, 9.17) is 0 Å². The molecule has 3 atom stereocenters. The third kappa shape index (κ3) is 2.64. The van der Waals surface area contributed by atoms with Crippen LogP contribution in [0, 0.1) is 0 Å². The fourth-order valence-electron chi connectivity index (χ4n) is 4.70. The van der Waals surface area contributed by atoms with Crippen molar-refractivity contribution in [2.24, 2.45) is 0 Å². The van der Waals surface area contributed by atoms with Crippen molar-refractivity contribution in [3.05, 3.63) is 29.8 Å². The third-order valence-corrected chi connectivity index (χ3v) is 6.73. The molecule has 0 saturated carbocycles. The van der Waals surface area contributed by atoms with Crippen LogP contribution in [-0.2, 0) is 0 Å². The van der Waals surface area contributed by atoms with Gasteiger partial charge in [0, 0.05) is 29.1 Å². The van der Waals surface area contributed by atoms with Crippen molar-refractivity contribution in [3.63, 3.8) is 0 Å². The summed E-state index contributed by atoms with van der Waals surface area (Å²) in [6, 6.07) is 12.1. The highest BCUT2D eigenvalue weighted by Gasteiger charge is 2.38. The minimum Gasteiger partial charge on any atom is -0.311 e. The van der Waals surface area contributed by atoms with Crippen LogP contribution in [0.1, 0.15) is 50.6 Å². The molecule has 3 unspecified atom stereocenters. The normalized spacial score (nSPS) is 35.0. The van der Waals surface area contributed by atoms with Gasteiger partial charge in [-0.2, -0.15) is 0 Å². The SMILES string of the molecule is CCN(C1CC2CCC(C1)N2)C1CCSc2ccccc21. The van der Waals surface area contributed by atoms with Gasteiger partial charge >= 0.3 is 0 Å². The van der Waals surface area contributed by atoms with Gasteiger partial charge in [-0.05, 0) is 56.0 Å². The lowest BCUT2D eigenvalue weighted by atomic mass is 9.93. The van der Waals surface area contributed by atoms with E-state index in [1.165, 1.54) is 49.3 Å². The van der Waals surface area contributed by atoms with Gasteiger partial charge in [0.25, 0.3) is 0 Å². The van der Waals surface area contributed by atoms with Gasteiger partial charge in [0.05, 0.1) is 0 Å². The largest absolute Gasteiger partial charge is 0.311 e. The van der Waals surface area contributed by atoms with Crippen molar-refractivity contribution in [2.75, 3.05) is 12.3 Å². The third-order valence-electron chi connectivity index (χ3n) is 5.61. The zero-order valence-electron chi connectivity index (χ0n) is 12.9. The van der Waals surface area contributed by atoms with Crippen LogP contribution in [0.25, 0.3) is 0 Å². The Morgan fingerprint density at radius 3 is 2.67 bits per heavy atom. The molecule has 114 valence electrons. The summed E-state index contributed by atoms with van der Waals surface area (Å²) in [5, 5.41) is 3.79. The fourth-order valence-corrected chi connectivity index (χ4v) is 5.81. The molecule has 2 saturated heterocycles. The Balaban J connectivity index is 1.59. The quantitative estimate of drug-likeness (QED) is 0.913. The Morgan fingerprint density at radius 1 is 1.14 bits per heavy atom. The number of benzene rings is 1. The average molecular weight is 302 g/mol. The van der Waals surface area contributed by atoms with Crippen molar-refractivity contribution in [2.45, 2.75) is 68.1 Å². The zero-order valence-corrected chi connectivity index (χ0v) is 13.7. The van der Waals surface area contributed by atoms with Gasteiger partial charge < -0.3 is 5.32 Å². The first kappa shape index (κ1) is 14.1. The topological polar surface area (TPSA) is 15.3 Å². The minimum atomic E-state index is 0.648. The van der Waals surface area contributed by atoms with Crippen molar-refractivity contribution >= 4 is 11.8 Å². The van der Waals surface area contributed by atoms with E-state index in [1.54, 1.807) is 5.56 Å². The highest BCUT2D eigenvalue weighted by molar-refractivity contribution is 7.99. The molecule has 3 aliphatic heterocycles. The van der Waals surface area contributed by atoms with Gasteiger partial charge in [-0.3, -0.25) is 4.90 Å². The van der Waals surface area contributed by atoms with E-state index in [0.717, 1.165) is 18.1 Å². The second-order valence-corrected chi connectivity index (χ2v) is 7.92. The second-order valence-electron chi connectivity index (χ2n) is 6.78. The van der Waals surface area contributed by atoms with Crippen LogP contribution < -0.4 is 5.32 Å². The smallest absolute Gasteiger partial charge is 0.0370 e. The van der Waals surface area contributed by atoms with Gasteiger partial charge in [0.2, 0.25) is 0 Å². The lowest BCUT2D eigenvalue weighted by molar-refractivity contribution is 0.0951. The molecule has 3 heterocycles. The lowest BCUT2D eigenvalue weighted by Gasteiger charge is -2.43. The molecular weight excluding hydrogens is 276 g/mol. The molecule has 1 aromatic carbocycles. The highest BCUT2D eigenvalue weighted by atomic mass is 32.2. The molecular formula is C18H26N2S. The maximum Gasteiger partial charge on any atom is 0.0370 e. The number of piperidine rings is 1. The molecule has 1 aromatic rings. The van der Waals surface area contributed by atoms with Crippen LogP contribution in [0.4, 0.5) is 0 Å². The number of nitrogens with zero attached hydrogens (tertiary/aromatic N) is 1. The van der Waals surface area contributed by atoms with Crippen LogP contribution in [0.15, 0.2) is 29.2 Å². The number of hydrogen-bond acceptors (Lipinski definition) is 3. The Morgan fingerprint density at radius 2 is 1.90 bits per heavy atom. The van der Waals surface area contributed by atoms with Crippen LogP contribution in [0.2, 0.25) is 0 Å². The molecule has 3 heteroatoms. The fraction of sp³-hybridized carbons (Fsp3) is 0.667. The summed E-state index contributed by atoms with van der Waals surface area (Å²) in [5.41, 5.74) is 1.58. The number of hydrogen-bond donors (Lipinski definition) is 1. The summed E-state index contributed by atoms with van der Waals surface area (Å²) in [6.45, 7) is 3.54. The molecule has 1 N–H and O–H groups in total. The van der Waals surface area contributed by atoms with E-state index in [-0.39, 0.29) is 0 Å². The van der Waals surface area contributed by atoms with Crippen molar-refractivity contribution in [3.8, 4) is 0 Å². The van der Waals surface area contributed by atoms with Crippen LogP contribution in [0.3, 0.4) is 0 Å². The number of rotatable bonds is 3. The monoisotopic (exact) mass is 302 g/mol. The summed E-state index contributed by atoms with van der Waals surface area (Å²) in [4.78, 5) is 4.34. The van der Waals surface area contributed by atoms with Gasteiger partial charge in [0.1, 0.15) is 0 Å². The van der Waals surface area contributed by atoms with E-state index in [1.807, 2.05) is 11.8 Å². The predicted molar refractivity (Wildman–Crippen MR) is 89.9 cm³/mol. The Labute approximate surface area is 132 Å². The number of fused-ring (bicyclic) bond motifs is 3. The van der Waals surface area contributed by atoms with Gasteiger partial charge in [0.15, 0.2) is 0 Å². The molecule has 0 radical (unpaired) electrons. The maximum atomic E-state index is 3.79. The second kappa shape index (κ2) is 5.94. The molecule has 0 aliphatic carbocycles. The van der Waals surface area contributed by atoms with Gasteiger partial charge in [-0.25, -0.2) is 0 Å². The van der Waals surface area contributed by atoms with Crippen molar-refractivity contribution in [1.29, 1.82) is 0 Å². The first-order valence-corrected chi connectivity index (χ1v) is 9.57. The molecule has 2 bridgehead atoms. The van der Waals surface area contributed by atoms with E-state index in [0.29, 0.717) is 6.04 Å². The van der Waals surface area contributed by atoms with Crippen LogP contribution in [-0.4, -0.2) is 35.3 Å². The summed E-state index contributed by atoms with van der Waals surface area (Å²) in [7, 11) is 0. The Bertz CT molecular complexity index is 492. The summed E-state index contributed by atoms with van der Waals surface area (Å²) < 4.78 is 0. The van der Waals surface area contributed by atoms with Crippen molar-refractivity contribution in [1.82, 2.24) is 10.2 Å². The molecule has 0 spiro atoms. The predicted octanol–water partition coefficient (Wildman–Crippen LogP) is 3.83. The van der Waals surface area contributed by atoms with E-state index in [2.05, 4.69) is 41.4 Å². The molecule has 0 aromatic heterocycles. The maximum absolute atomic E-state index is 3.79. The van der Waals surface area contributed by atoms with Crippen LogP contribution in [0.5, 0.6) is 0 Å². The first-order valence-electron chi connectivity index (χ1n) is 8.58. The highest BCUT2D eigenvalue weighted by Crippen LogP contribution is 2.42. The Hall–Kier alpha value is -0.510. The first-order chi connectivity index (χ1) is 10.3. The molecule has 2 nitrogen and oxygen atoms in total. The molecule has 0 amide bonds. The Kier molecular flexibility index (Phi) is 3.99. The zero-order chi connectivity index (χ0) is 14.2. The minimum absolute atomic E-state index is 0.648. The van der Waals surface area contributed by atoms with Gasteiger partial charge in [-0.1, -0.05) is 25.1 Å². The molecule has 21 heavy (non-hydrogen) atoms.